The Bertz CT molecular complexity index is 1340. The topological polar surface area (TPSA) is 87.6 Å². The lowest BCUT2D eigenvalue weighted by molar-refractivity contribution is 0.306. The number of hydrogen-bond donors (Lipinski definition) is 2. The molecule has 0 bridgehead atoms. The second-order valence-electron chi connectivity index (χ2n) is 8.64. The minimum absolute atomic E-state index is 0.372. The largest absolute Gasteiger partial charge is 0.489 e. The summed E-state index contributed by atoms with van der Waals surface area (Å²) in [5, 5.41) is 8.32. The fraction of sp³-hybridized carbons (Fsp3) is 0.214. The molecule has 0 atom stereocenters. The maximum absolute atomic E-state index is 6.23. The van der Waals surface area contributed by atoms with Crippen LogP contribution in [0.5, 0.6) is 5.75 Å². The number of nitrogens with zero attached hydrogens (tertiary/aromatic N) is 5. The zero-order valence-corrected chi connectivity index (χ0v) is 21.1. The van der Waals surface area contributed by atoms with Crippen molar-refractivity contribution in [3.63, 3.8) is 0 Å². The molecule has 2 heterocycles. The molecule has 0 aliphatic carbocycles. The lowest BCUT2D eigenvalue weighted by Gasteiger charge is -2.26. The van der Waals surface area contributed by atoms with E-state index in [1.165, 1.54) is 6.42 Å². The first kappa shape index (κ1) is 24.5. The molecule has 9 heteroatoms. The lowest BCUT2D eigenvalue weighted by Crippen LogP contribution is -2.31. The summed E-state index contributed by atoms with van der Waals surface area (Å²) in [6, 6.07) is 25.2. The smallest absolute Gasteiger partial charge is 0.250 e. The average Bonchev–Trinajstić information content (AvgIpc) is 2.94. The quantitative estimate of drug-likeness (QED) is 0.201. The van der Waals surface area contributed by atoms with Gasteiger partial charge in [-0.1, -0.05) is 60.1 Å². The van der Waals surface area contributed by atoms with Gasteiger partial charge >= 0.3 is 0 Å². The van der Waals surface area contributed by atoms with Gasteiger partial charge in [0.25, 0.3) is 0 Å². The number of aromatic nitrogens is 3. The summed E-state index contributed by atoms with van der Waals surface area (Å²) in [6.07, 6.45) is 5.19. The van der Waals surface area contributed by atoms with Crippen molar-refractivity contribution in [3.05, 3.63) is 95.0 Å². The molecule has 0 spiro atoms. The second-order valence-corrected chi connectivity index (χ2v) is 9.05. The van der Waals surface area contributed by atoms with Crippen LogP contribution >= 0.6 is 11.6 Å². The number of hydrogen-bond acceptors (Lipinski definition) is 8. The molecule has 2 N–H and O–H groups in total. The standard InChI is InChI=1S/C28H28ClN7O/c29-25-15-6-5-11-22(25)20-37-24-14-9-10-21(18-24)19-30-35-27-32-26(31-23-12-3-1-4-13-23)33-28(34-27)36-16-7-2-8-17-36/h1,3-6,9-15,18-19H,2,7-8,16-17,20H2,(H2,31,32,33,34,35)/b30-19+. The van der Waals surface area contributed by atoms with Crippen molar-refractivity contribution in [2.45, 2.75) is 25.9 Å². The SMILES string of the molecule is Clc1ccccc1COc1cccc(/C=N/Nc2nc(Nc3ccccc3)nc(N3CCCCC3)n2)c1. The molecular formula is C28H28ClN7O. The van der Waals surface area contributed by atoms with E-state index in [9.17, 15) is 0 Å². The molecule has 3 aromatic carbocycles. The molecule has 1 saturated heterocycles. The summed E-state index contributed by atoms with van der Waals surface area (Å²) in [7, 11) is 0. The maximum Gasteiger partial charge on any atom is 0.250 e. The van der Waals surface area contributed by atoms with Gasteiger partial charge in [-0.25, -0.2) is 5.43 Å². The number of rotatable bonds is 9. The summed E-state index contributed by atoms with van der Waals surface area (Å²) in [4.78, 5) is 16.0. The first-order valence-electron chi connectivity index (χ1n) is 12.3. The molecular weight excluding hydrogens is 486 g/mol. The predicted octanol–water partition coefficient (Wildman–Crippen LogP) is 6.28. The van der Waals surface area contributed by atoms with Crippen LogP contribution < -0.4 is 20.4 Å². The number of ether oxygens (including phenoxy) is 1. The molecule has 0 saturated carbocycles. The highest BCUT2D eigenvalue weighted by Gasteiger charge is 2.16. The van der Waals surface area contributed by atoms with Gasteiger partial charge in [-0.3, -0.25) is 0 Å². The van der Waals surface area contributed by atoms with Gasteiger partial charge in [0.1, 0.15) is 12.4 Å². The Balaban J connectivity index is 1.28. The Morgan fingerprint density at radius 1 is 0.865 bits per heavy atom. The van der Waals surface area contributed by atoms with Crippen LogP contribution in [0.2, 0.25) is 5.02 Å². The van der Waals surface area contributed by atoms with Crippen LogP contribution in [-0.4, -0.2) is 34.3 Å². The number of hydrazone groups is 1. The van der Waals surface area contributed by atoms with Crippen molar-refractivity contribution in [2.24, 2.45) is 5.10 Å². The Hall–Kier alpha value is -4.17. The summed E-state index contributed by atoms with van der Waals surface area (Å²) < 4.78 is 5.92. The fourth-order valence-electron chi connectivity index (χ4n) is 3.98. The third-order valence-corrected chi connectivity index (χ3v) is 6.25. The van der Waals surface area contributed by atoms with Gasteiger partial charge in [-0.2, -0.15) is 20.1 Å². The normalized spacial score (nSPS) is 13.5. The van der Waals surface area contributed by atoms with Crippen molar-refractivity contribution in [2.75, 3.05) is 28.7 Å². The van der Waals surface area contributed by atoms with Crippen molar-refractivity contribution < 1.29 is 4.74 Å². The number of piperidine rings is 1. The summed E-state index contributed by atoms with van der Waals surface area (Å²) in [6.45, 7) is 2.25. The van der Waals surface area contributed by atoms with Crippen LogP contribution in [0, 0.1) is 0 Å². The third kappa shape index (κ3) is 6.95. The van der Waals surface area contributed by atoms with Gasteiger partial charge in [0.15, 0.2) is 0 Å². The van der Waals surface area contributed by atoms with Crippen LogP contribution in [0.4, 0.5) is 23.5 Å². The molecule has 188 valence electrons. The fourth-order valence-corrected chi connectivity index (χ4v) is 4.17. The van der Waals surface area contributed by atoms with Gasteiger partial charge in [0.05, 0.1) is 6.21 Å². The molecule has 1 aliphatic rings. The zero-order valence-electron chi connectivity index (χ0n) is 20.3. The van der Waals surface area contributed by atoms with E-state index in [1.807, 2.05) is 78.9 Å². The zero-order chi connectivity index (χ0) is 25.3. The molecule has 0 unspecified atom stereocenters. The number of halogens is 1. The summed E-state index contributed by atoms with van der Waals surface area (Å²) in [5.74, 6) is 2.21. The van der Waals surface area contributed by atoms with E-state index in [0.717, 1.165) is 48.5 Å². The summed E-state index contributed by atoms with van der Waals surface area (Å²) >= 11 is 6.23. The van der Waals surface area contributed by atoms with Crippen LogP contribution in [0.1, 0.15) is 30.4 Å². The Kier molecular flexibility index (Phi) is 8.07. The molecule has 37 heavy (non-hydrogen) atoms. The van der Waals surface area contributed by atoms with Crippen molar-refractivity contribution >= 4 is 41.3 Å². The number of para-hydroxylation sites is 1. The van der Waals surface area contributed by atoms with Crippen LogP contribution in [0.3, 0.4) is 0 Å². The van der Waals surface area contributed by atoms with Gasteiger partial charge in [0.2, 0.25) is 17.8 Å². The highest BCUT2D eigenvalue weighted by Crippen LogP contribution is 2.21. The van der Waals surface area contributed by atoms with Gasteiger partial charge in [-0.05, 0) is 55.2 Å². The second kappa shape index (κ2) is 12.2. The lowest BCUT2D eigenvalue weighted by atomic mass is 10.1. The van der Waals surface area contributed by atoms with Crippen LogP contribution in [0.25, 0.3) is 0 Å². The molecule has 0 radical (unpaired) electrons. The van der Waals surface area contributed by atoms with E-state index in [1.54, 1.807) is 6.21 Å². The highest BCUT2D eigenvalue weighted by molar-refractivity contribution is 6.31. The van der Waals surface area contributed by atoms with Gasteiger partial charge in [-0.15, -0.1) is 0 Å². The molecule has 0 amide bonds. The Morgan fingerprint density at radius 2 is 1.65 bits per heavy atom. The van der Waals surface area contributed by atoms with Crippen LogP contribution in [-0.2, 0) is 6.61 Å². The minimum Gasteiger partial charge on any atom is -0.489 e. The predicted molar refractivity (Wildman–Crippen MR) is 149 cm³/mol. The van der Waals surface area contributed by atoms with Gasteiger partial charge < -0.3 is 15.0 Å². The van der Waals surface area contributed by atoms with E-state index < -0.39 is 0 Å². The average molecular weight is 514 g/mol. The number of nitrogens with one attached hydrogen (secondary N) is 2. The van der Waals surface area contributed by atoms with Crippen LogP contribution in [0.15, 0.2) is 84.0 Å². The number of benzene rings is 3. The molecule has 1 fully saturated rings. The monoisotopic (exact) mass is 513 g/mol. The minimum atomic E-state index is 0.372. The molecule has 1 aromatic heterocycles. The molecule has 1 aliphatic heterocycles. The third-order valence-electron chi connectivity index (χ3n) is 5.88. The van der Waals surface area contributed by atoms with E-state index in [-0.39, 0.29) is 0 Å². The van der Waals surface area contributed by atoms with E-state index in [0.29, 0.717) is 29.5 Å². The molecule has 8 nitrogen and oxygen atoms in total. The molecule has 5 rings (SSSR count). The van der Waals surface area contributed by atoms with Crippen molar-refractivity contribution in [3.8, 4) is 5.75 Å². The Morgan fingerprint density at radius 3 is 2.49 bits per heavy atom. The number of anilines is 4. The first-order chi connectivity index (χ1) is 18.2. The van der Waals surface area contributed by atoms with Gasteiger partial charge in [0, 0.05) is 29.4 Å². The molecule has 4 aromatic rings. The van der Waals surface area contributed by atoms with Crippen molar-refractivity contribution in [1.82, 2.24) is 15.0 Å². The Labute approximate surface area is 221 Å². The van der Waals surface area contributed by atoms with E-state index in [2.05, 4.69) is 35.7 Å². The summed E-state index contributed by atoms with van der Waals surface area (Å²) in [5.41, 5.74) is 5.68. The highest BCUT2D eigenvalue weighted by atomic mass is 35.5. The first-order valence-corrected chi connectivity index (χ1v) is 12.7. The van der Waals surface area contributed by atoms with Crippen molar-refractivity contribution in [1.29, 1.82) is 0 Å². The van der Waals surface area contributed by atoms with E-state index >= 15 is 0 Å². The maximum atomic E-state index is 6.23. The van der Waals surface area contributed by atoms with E-state index in [4.69, 9.17) is 16.3 Å².